The Bertz CT molecular complexity index is 572. The second kappa shape index (κ2) is 5.84. The van der Waals surface area contributed by atoms with Gasteiger partial charge in [-0.15, -0.1) is 0 Å². The first-order chi connectivity index (χ1) is 8.61. The molecule has 1 aromatic heterocycles. The molecule has 0 bridgehead atoms. The number of hydrogen-bond acceptors (Lipinski definition) is 3. The minimum atomic E-state index is 0.511. The quantitative estimate of drug-likeness (QED) is 0.642. The summed E-state index contributed by atoms with van der Waals surface area (Å²) in [5, 5.41) is 3.80. The van der Waals surface area contributed by atoms with E-state index < -0.39 is 0 Å². The molecule has 0 aliphatic rings. The molecule has 5 heteroatoms. The highest BCUT2D eigenvalue weighted by atomic mass is 127. The number of anilines is 2. The van der Waals surface area contributed by atoms with Gasteiger partial charge in [0.1, 0.15) is 17.3 Å². The summed E-state index contributed by atoms with van der Waals surface area (Å²) in [5.74, 6) is 0.775. The summed E-state index contributed by atoms with van der Waals surface area (Å²) in [6.07, 6.45) is 2.27. The molecule has 18 heavy (non-hydrogen) atoms. The van der Waals surface area contributed by atoms with Gasteiger partial charge in [-0.3, -0.25) is 0 Å². The van der Waals surface area contributed by atoms with Gasteiger partial charge in [-0.05, 0) is 53.6 Å². The molecule has 2 rings (SSSR count). The third-order valence-corrected chi connectivity index (χ3v) is 4.17. The molecule has 94 valence electrons. The molecule has 0 aliphatic heterocycles. The minimum Gasteiger partial charge on any atom is -0.340 e. The van der Waals surface area contributed by atoms with Gasteiger partial charge < -0.3 is 5.32 Å². The molecule has 0 fully saturated rings. The second-order valence-electron chi connectivity index (χ2n) is 3.93. The SMILES string of the molecule is CCc1c(Cl)ncnc1Nc1ccc(C)c(I)c1. The fourth-order valence-corrected chi connectivity index (χ4v) is 2.40. The molecule has 0 saturated heterocycles. The highest BCUT2D eigenvalue weighted by Crippen LogP contribution is 2.25. The van der Waals surface area contributed by atoms with E-state index in [1.54, 1.807) is 0 Å². The molecule has 0 spiro atoms. The predicted molar refractivity (Wildman–Crippen MR) is 83.6 cm³/mol. The van der Waals surface area contributed by atoms with Crippen LogP contribution in [-0.4, -0.2) is 9.97 Å². The Morgan fingerprint density at radius 2 is 2.11 bits per heavy atom. The van der Waals surface area contributed by atoms with E-state index >= 15 is 0 Å². The number of hydrogen-bond donors (Lipinski definition) is 1. The molecule has 0 aliphatic carbocycles. The van der Waals surface area contributed by atoms with Crippen LogP contribution >= 0.6 is 34.2 Å². The van der Waals surface area contributed by atoms with Crippen LogP contribution in [0.3, 0.4) is 0 Å². The maximum absolute atomic E-state index is 6.06. The van der Waals surface area contributed by atoms with E-state index in [9.17, 15) is 0 Å². The van der Waals surface area contributed by atoms with Crippen LogP contribution < -0.4 is 5.32 Å². The normalized spacial score (nSPS) is 10.4. The lowest BCUT2D eigenvalue weighted by Crippen LogP contribution is -2.01. The average Bonchev–Trinajstić information content (AvgIpc) is 2.34. The molecule has 0 saturated carbocycles. The summed E-state index contributed by atoms with van der Waals surface area (Å²) in [6.45, 7) is 4.12. The number of rotatable bonds is 3. The van der Waals surface area contributed by atoms with E-state index in [1.807, 2.05) is 13.0 Å². The van der Waals surface area contributed by atoms with Crippen molar-refractivity contribution < 1.29 is 0 Å². The molecule has 0 radical (unpaired) electrons. The lowest BCUT2D eigenvalue weighted by atomic mass is 10.2. The van der Waals surface area contributed by atoms with Crippen molar-refractivity contribution in [1.29, 1.82) is 0 Å². The van der Waals surface area contributed by atoms with E-state index in [4.69, 9.17) is 11.6 Å². The lowest BCUT2D eigenvalue weighted by Gasteiger charge is -2.11. The smallest absolute Gasteiger partial charge is 0.138 e. The van der Waals surface area contributed by atoms with Crippen LogP contribution in [0.2, 0.25) is 5.15 Å². The molecule has 0 atom stereocenters. The monoisotopic (exact) mass is 373 g/mol. The average molecular weight is 374 g/mol. The summed E-state index contributed by atoms with van der Waals surface area (Å²) in [5.41, 5.74) is 3.21. The molecule has 1 heterocycles. The fourth-order valence-electron chi connectivity index (χ4n) is 1.62. The Morgan fingerprint density at radius 1 is 1.33 bits per heavy atom. The van der Waals surface area contributed by atoms with Crippen LogP contribution in [0.15, 0.2) is 24.5 Å². The van der Waals surface area contributed by atoms with E-state index in [1.165, 1.54) is 15.5 Å². The van der Waals surface area contributed by atoms with Crippen molar-refractivity contribution in [1.82, 2.24) is 9.97 Å². The molecule has 3 nitrogen and oxygen atoms in total. The fraction of sp³-hybridized carbons (Fsp3) is 0.231. The zero-order valence-corrected chi connectivity index (χ0v) is 13.1. The van der Waals surface area contributed by atoms with Gasteiger partial charge in [0.25, 0.3) is 0 Å². The van der Waals surface area contributed by atoms with E-state index in [0.29, 0.717) is 5.15 Å². The zero-order chi connectivity index (χ0) is 13.1. The number of benzene rings is 1. The van der Waals surface area contributed by atoms with Gasteiger partial charge in [0.05, 0.1) is 0 Å². The zero-order valence-electron chi connectivity index (χ0n) is 10.2. The molecular formula is C13H13ClIN3. The van der Waals surface area contributed by atoms with Crippen molar-refractivity contribution in [3.05, 3.63) is 44.4 Å². The first kappa shape index (κ1) is 13.5. The Balaban J connectivity index is 2.34. The van der Waals surface area contributed by atoms with E-state index in [0.717, 1.165) is 23.5 Å². The maximum Gasteiger partial charge on any atom is 0.138 e. The van der Waals surface area contributed by atoms with Crippen molar-refractivity contribution in [2.45, 2.75) is 20.3 Å². The van der Waals surface area contributed by atoms with Gasteiger partial charge >= 0.3 is 0 Å². The maximum atomic E-state index is 6.06. The second-order valence-corrected chi connectivity index (χ2v) is 5.45. The van der Waals surface area contributed by atoms with E-state index in [2.05, 4.69) is 56.9 Å². The summed E-state index contributed by atoms with van der Waals surface area (Å²) in [4.78, 5) is 8.25. The van der Waals surface area contributed by atoms with Crippen LogP contribution in [0, 0.1) is 10.5 Å². The van der Waals surface area contributed by atoms with Gasteiger partial charge in [0.2, 0.25) is 0 Å². The highest BCUT2D eigenvalue weighted by Gasteiger charge is 2.08. The minimum absolute atomic E-state index is 0.511. The first-order valence-electron chi connectivity index (χ1n) is 5.64. The third kappa shape index (κ3) is 2.92. The summed E-state index contributed by atoms with van der Waals surface area (Å²) < 4.78 is 1.22. The first-order valence-corrected chi connectivity index (χ1v) is 7.10. The van der Waals surface area contributed by atoms with Crippen molar-refractivity contribution in [2.24, 2.45) is 0 Å². The van der Waals surface area contributed by atoms with Crippen molar-refractivity contribution in [2.75, 3.05) is 5.32 Å². The Kier molecular flexibility index (Phi) is 4.40. The largest absolute Gasteiger partial charge is 0.340 e. The molecule has 1 aromatic carbocycles. The van der Waals surface area contributed by atoms with Crippen LogP contribution in [0.4, 0.5) is 11.5 Å². The van der Waals surface area contributed by atoms with Gasteiger partial charge in [-0.25, -0.2) is 9.97 Å². The molecule has 1 N–H and O–H groups in total. The van der Waals surface area contributed by atoms with Gasteiger partial charge in [-0.1, -0.05) is 24.6 Å². The predicted octanol–water partition coefficient (Wildman–Crippen LogP) is 4.35. The lowest BCUT2D eigenvalue weighted by molar-refractivity contribution is 1.05. The number of aryl methyl sites for hydroxylation is 1. The van der Waals surface area contributed by atoms with Crippen LogP contribution in [0.25, 0.3) is 0 Å². The molecule has 0 amide bonds. The van der Waals surface area contributed by atoms with Gasteiger partial charge in [-0.2, -0.15) is 0 Å². The summed E-state index contributed by atoms with van der Waals surface area (Å²) in [7, 11) is 0. The highest BCUT2D eigenvalue weighted by molar-refractivity contribution is 14.1. The van der Waals surface area contributed by atoms with Crippen molar-refractivity contribution >= 4 is 45.7 Å². The van der Waals surface area contributed by atoms with Crippen LogP contribution in [-0.2, 0) is 6.42 Å². The molecule has 2 aromatic rings. The summed E-state index contributed by atoms with van der Waals surface area (Å²) in [6, 6.07) is 6.21. The number of halogens is 2. The molecule has 0 unspecified atom stereocenters. The Labute approximate surface area is 125 Å². The van der Waals surface area contributed by atoms with E-state index in [-0.39, 0.29) is 0 Å². The van der Waals surface area contributed by atoms with Gasteiger partial charge in [0, 0.05) is 14.8 Å². The van der Waals surface area contributed by atoms with Crippen LogP contribution in [0.1, 0.15) is 18.1 Å². The van der Waals surface area contributed by atoms with Gasteiger partial charge in [0.15, 0.2) is 0 Å². The van der Waals surface area contributed by atoms with Crippen LogP contribution in [0.5, 0.6) is 0 Å². The Hall–Kier alpha value is -0.880. The third-order valence-electron chi connectivity index (χ3n) is 2.68. The number of nitrogens with one attached hydrogen (secondary N) is 1. The topological polar surface area (TPSA) is 37.8 Å². The standard InChI is InChI=1S/C13H13ClIN3/c1-3-10-12(14)16-7-17-13(10)18-9-5-4-8(2)11(15)6-9/h4-7H,3H2,1-2H3,(H,16,17,18). The van der Waals surface area contributed by atoms with Crippen molar-refractivity contribution in [3.63, 3.8) is 0 Å². The summed E-state index contributed by atoms with van der Waals surface area (Å²) >= 11 is 8.38. The Morgan fingerprint density at radius 3 is 2.78 bits per heavy atom. The molecular weight excluding hydrogens is 361 g/mol. The number of nitrogens with zero attached hydrogens (tertiary/aromatic N) is 2. The number of aromatic nitrogens is 2. The van der Waals surface area contributed by atoms with Crippen molar-refractivity contribution in [3.8, 4) is 0 Å².